The summed E-state index contributed by atoms with van der Waals surface area (Å²) < 4.78 is 4.80. The first kappa shape index (κ1) is 8.39. The van der Waals surface area contributed by atoms with Gasteiger partial charge in [0.1, 0.15) is 6.61 Å². The standard InChI is InChI=1S/C5H12N2O2/c1-7-5(8)4-9-3-2-6/h2-4,6H2,1H3,(H,7,8). The van der Waals surface area contributed by atoms with Crippen LogP contribution in [0.25, 0.3) is 0 Å². The van der Waals surface area contributed by atoms with Gasteiger partial charge in [-0.25, -0.2) is 0 Å². The summed E-state index contributed by atoms with van der Waals surface area (Å²) in [5.41, 5.74) is 5.10. The van der Waals surface area contributed by atoms with E-state index in [0.717, 1.165) is 0 Å². The lowest BCUT2D eigenvalue weighted by Crippen LogP contribution is -2.24. The van der Waals surface area contributed by atoms with E-state index in [1.54, 1.807) is 7.05 Å². The van der Waals surface area contributed by atoms with Crippen LogP contribution >= 0.6 is 0 Å². The SMILES string of the molecule is CNC(=O)COCCN. The summed E-state index contributed by atoms with van der Waals surface area (Å²) in [5.74, 6) is -0.122. The fraction of sp³-hybridized carbons (Fsp3) is 0.800. The number of ether oxygens (including phenoxy) is 1. The van der Waals surface area contributed by atoms with Crippen LogP contribution in [0.5, 0.6) is 0 Å². The molecule has 0 aromatic carbocycles. The first-order valence-corrected chi connectivity index (χ1v) is 2.79. The van der Waals surface area contributed by atoms with Crippen LogP contribution in [0.4, 0.5) is 0 Å². The van der Waals surface area contributed by atoms with Crippen molar-refractivity contribution in [2.45, 2.75) is 0 Å². The molecule has 0 rings (SSSR count). The molecule has 3 N–H and O–H groups in total. The highest BCUT2D eigenvalue weighted by Gasteiger charge is 1.93. The van der Waals surface area contributed by atoms with Crippen molar-refractivity contribution in [1.29, 1.82) is 0 Å². The Kier molecular flexibility index (Phi) is 5.15. The van der Waals surface area contributed by atoms with Gasteiger partial charge in [0.15, 0.2) is 0 Å². The van der Waals surface area contributed by atoms with Gasteiger partial charge in [0.05, 0.1) is 6.61 Å². The number of amides is 1. The second-order valence-electron chi connectivity index (χ2n) is 1.51. The molecule has 4 nitrogen and oxygen atoms in total. The Morgan fingerprint density at radius 1 is 1.78 bits per heavy atom. The Balaban J connectivity index is 2.97. The van der Waals surface area contributed by atoms with E-state index in [2.05, 4.69) is 5.32 Å². The topological polar surface area (TPSA) is 64.3 Å². The quantitative estimate of drug-likeness (QED) is 0.468. The van der Waals surface area contributed by atoms with Crippen LogP contribution in [-0.2, 0) is 9.53 Å². The van der Waals surface area contributed by atoms with Gasteiger partial charge in [-0.15, -0.1) is 0 Å². The van der Waals surface area contributed by atoms with E-state index in [4.69, 9.17) is 10.5 Å². The van der Waals surface area contributed by atoms with Crippen molar-refractivity contribution < 1.29 is 9.53 Å². The van der Waals surface area contributed by atoms with Crippen molar-refractivity contribution in [1.82, 2.24) is 5.32 Å². The number of likely N-dealkylation sites (N-methyl/N-ethyl adjacent to an activating group) is 1. The summed E-state index contributed by atoms with van der Waals surface area (Å²) in [4.78, 5) is 10.4. The smallest absolute Gasteiger partial charge is 0.245 e. The zero-order chi connectivity index (χ0) is 7.11. The Hall–Kier alpha value is -0.610. The number of nitrogens with one attached hydrogen (secondary N) is 1. The number of carbonyl (C=O) groups is 1. The molecule has 0 radical (unpaired) electrons. The summed E-state index contributed by atoms with van der Waals surface area (Å²) in [5, 5.41) is 2.42. The molecule has 0 aromatic rings. The molecule has 0 bridgehead atoms. The first-order valence-electron chi connectivity index (χ1n) is 2.79. The van der Waals surface area contributed by atoms with Crippen LogP contribution in [0.1, 0.15) is 0 Å². The van der Waals surface area contributed by atoms with Crippen LogP contribution in [0, 0.1) is 0 Å². The van der Waals surface area contributed by atoms with Gasteiger partial charge in [0.2, 0.25) is 5.91 Å². The van der Waals surface area contributed by atoms with E-state index in [0.29, 0.717) is 13.2 Å². The number of carbonyl (C=O) groups excluding carboxylic acids is 1. The molecule has 0 spiro atoms. The summed E-state index contributed by atoms with van der Waals surface area (Å²) in [6.07, 6.45) is 0. The maximum atomic E-state index is 10.4. The molecule has 0 fully saturated rings. The molecule has 1 amide bonds. The van der Waals surface area contributed by atoms with Crippen molar-refractivity contribution in [2.75, 3.05) is 26.8 Å². The Bertz CT molecular complexity index is 85.0. The number of nitrogens with two attached hydrogens (primary N) is 1. The summed E-state index contributed by atoms with van der Waals surface area (Å²) in [6.45, 7) is 0.998. The van der Waals surface area contributed by atoms with E-state index in [-0.39, 0.29) is 12.5 Å². The van der Waals surface area contributed by atoms with Gasteiger partial charge in [-0.2, -0.15) is 0 Å². The minimum atomic E-state index is -0.122. The lowest BCUT2D eigenvalue weighted by molar-refractivity contribution is -0.125. The van der Waals surface area contributed by atoms with E-state index in [1.165, 1.54) is 0 Å². The average Bonchev–Trinajstić information content (AvgIpc) is 1.89. The molecule has 0 unspecified atom stereocenters. The van der Waals surface area contributed by atoms with Crippen molar-refractivity contribution in [3.05, 3.63) is 0 Å². The number of hydrogen-bond donors (Lipinski definition) is 2. The van der Waals surface area contributed by atoms with Gasteiger partial charge in [-0.05, 0) is 0 Å². The fourth-order valence-corrected chi connectivity index (χ4v) is 0.320. The normalized spacial score (nSPS) is 9.11. The van der Waals surface area contributed by atoms with Gasteiger partial charge in [0.25, 0.3) is 0 Å². The third kappa shape index (κ3) is 5.26. The van der Waals surface area contributed by atoms with E-state index < -0.39 is 0 Å². The molecule has 0 aliphatic heterocycles. The maximum absolute atomic E-state index is 10.4. The molecule has 9 heavy (non-hydrogen) atoms. The third-order valence-electron chi connectivity index (χ3n) is 0.774. The summed E-state index contributed by atoms with van der Waals surface area (Å²) in [7, 11) is 1.56. The number of hydrogen-bond acceptors (Lipinski definition) is 3. The lowest BCUT2D eigenvalue weighted by Gasteiger charge is -1.98. The highest BCUT2D eigenvalue weighted by atomic mass is 16.5. The second-order valence-corrected chi connectivity index (χ2v) is 1.51. The maximum Gasteiger partial charge on any atom is 0.245 e. The van der Waals surface area contributed by atoms with Crippen molar-refractivity contribution in [3.8, 4) is 0 Å². The van der Waals surface area contributed by atoms with Gasteiger partial charge in [-0.1, -0.05) is 0 Å². The Morgan fingerprint density at radius 2 is 2.44 bits per heavy atom. The van der Waals surface area contributed by atoms with Gasteiger partial charge < -0.3 is 15.8 Å². The lowest BCUT2D eigenvalue weighted by atomic mass is 10.6. The Morgan fingerprint density at radius 3 is 2.89 bits per heavy atom. The molecule has 54 valence electrons. The highest BCUT2D eigenvalue weighted by Crippen LogP contribution is 1.70. The van der Waals surface area contributed by atoms with Crippen molar-refractivity contribution in [2.24, 2.45) is 5.73 Å². The van der Waals surface area contributed by atoms with E-state index >= 15 is 0 Å². The number of rotatable bonds is 4. The predicted molar refractivity (Wildman–Crippen MR) is 33.9 cm³/mol. The summed E-state index contributed by atoms with van der Waals surface area (Å²) >= 11 is 0. The van der Waals surface area contributed by atoms with E-state index in [1.807, 2.05) is 0 Å². The minimum Gasteiger partial charge on any atom is -0.370 e. The van der Waals surface area contributed by atoms with Crippen LogP contribution in [0.2, 0.25) is 0 Å². The molecule has 4 heteroatoms. The van der Waals surface area contributed by atoms with Gasteiger partial charge in [-0.3, -0.25) is 4.79 Å². The first-order chi connectivity index (χ1) is 4.31. The minimum absolute atomic E-state index is 0.105. The Labute approximate surface area is 54.4 Å². The van der Waals surface area contributed by atoms with Crippen molar-refractivity contribution >= 4 is 5.91 Å². The summed E-state index contributed by atoms with van der Waals surface area (Å²) in [6, 6.07) is 0. The largest absolute Gasteiger partial charge is 0.370 e. The molecular formula is C5H12N2O2. The molecule has 0 saturated heterocycles. The molecule has 0 aliphatic carbocycles. The van der Waals surface area contributed by atoms with Crippen LogP contribution in [0.15, 0.2) is 0 Å². The zero-order valence-electron chi connectivity index (χ0n) is 5.52. The van der Waals surface area contributed by atoms with Crippen LogP contribution < -0.4 is 11.1 Å². The van der Waals surface area contributed by atoms with Gasteiger partial charge in [0, 0.05) is 13.6 Å². The molecular weight excluding hydrogens is 120 g/mol. The third-order valence-corrected chi connectivity index (χ3v) is 0.774. The van der Waals surface area contributed by atoms with E-state index in [9.17, 15) is 4.79 Å². The second kappa shape index (κ2) is 5.53. The zero-order valence-corrected chi connectivity index (χ0v) is 5.52. The fourth-order valence-electron chi connectivity index (χ4n) is 0.320. The molecule has 0 heterocycles. The average molecular weight is 132 g/mol. The monoisotopic (exact) mass is 132 g/mol. The highest BCUT2D eigenvalue weighted by molar-refractivity contribution is 5.76. The molecule has 0 saturated carbocycles. The van der Waals surface area contributed by atoms with Crippen LogP contribution in [-0.4, -0.2) is 32.7 Å². The molecule has 0 atom stereocenters. The predicted octanol–water partition coefficient (Wildman–Crippen LogP) is -1.29. The molecule has 0 aliphatic rings. The van der Waals surface area contributed by atoms with Crippen molar-refractivity contribution in [3.63, 3.8) is 0 Å². The molecule has 0 aromatic heterocycles. The van der Waals surface area contributed by atoms with Crippen LogP contribution in [0.3, 0.4) is 0 Å². The van der Waals surface area contributed by atoms with Gasteiger partial charge >= 0.3 is 0 Å².